The highest BCUT2D eigenvalue weighted by atomic mass is 16.3. The van der Waals surface area contributed by atoms with Gasteiger partial charge in [0, 0.05) is 32.5 Å². The summed E-state index contributed by atoms with van der Waals surface area (Å²) in [6.45, 7) is 6.06. The van der Waals surface area contributed by atoms with Crippen LogP contribution in [0, 0.1) is 6.92 Å². The van der Waals surface area contributed by atoms with Crippen LogP contribution in [0.15, 0.2) is 29.1 Å². The van der Waals surface area contributed by atoms with Gasteiger partial charge in [-0.05, 0) is 24.5 Å². The van der Waals surface area contributed by atoms with Crippen LogP contribution < -0.4 is 5.56 Å². The van der Waals surface area contributed by atoms with Gasteiger partial charge in [0.2, 0.25) is 0 Å². The summed E-state index contributed by atoms with van der Waals surface area (Å²) in [6, 6.07) is 8.17. The normalized spacial score (nSPS) is 16.0. The summed E-state index contributed by atoms with van der Waals surface area (Å²) in [5.74, 6) is 0.732. The van der Waals surface area contributed by atoms with Crippen LogP contribution >= 0.6 is 0 Å². The molecule has 5 heteroatoms. The minimum Gasteiger partial charge on any atom is -0.392 e. The van der Waals surface area contributed by atoms with Gasteiger partial charge in [-0.2, -0.15) is 0 Å². The molecule has 2 aromatic rings. The fourth-order valence-electron chi connectivity index (χ4n) is 3.19. The van der Waals surface area contributed by atoms with E-state index in [1.165, 1.54) is 11.1 Å². The van der Waals surface area contributed by atoms with Crippen LogP contribution in [-0.4, -0.2) is 39.2 Å². The number of hydrogen-bond donors (Lipinski definition) is 2. The summed E-state index contributed by atoms with van der Waals surface area (Å²) >= 11 is 0. The molecule has 0 fully saturated rings. The summed E-state index contributed by atoms with van der Waals surface area (Å²) in [5, 5.41) is 9.82. The number of nitrogens with zero attached hydrogens (tertiary/aromatic N) is 2. The fraction of sp³-hybridized carbons (Fsp3) is 0.474. The van der Waals surface area contributed by atoms with Crippen molar-refractivity contribution < 1.29 is 5.11 Å². The van der Waals surface area contributed by atoms with Crippen molar-refractivity contribution >= 4 is 0 Å². The highest BCUT2D eigenvalue weighted by molar-refractivity contribution is 5.29. The van der Waals surface area contributed by atoms with Gasteiger partial charge >= 0.3 is 0 Å². The van der Waals surface area contributed by atoms with Crippen molar-refractivity contribution in [3.8, 4) is 0 Å². The van der Waals surface area contributed by atoms with Crippen molar-refractivity contribution in [3.05, 3.63) is 62.8 Å². The van der Waals surface area contributed by atoms with E-state index in [1.807, 2.05) is 19.1 Å². The Morgan fingerprint density at radius 3 is 2.92 bits per heavy atom. The molecule has 1 aromatic heterocycles. The van der Waals surface area contributed by atoms with Gasteiger partial charge in [-0.25, -0.2) is 4.98 Å². The molecule has 0 saturated carbocycles. The smallest absolute Gasteiger partial charge is 0.255 e. The number of fused-ring (bicyclic) bond motifs is 1. The van der Waals surface area contributed by atoms with Crippen molar-refractivity contribution in [2.45, 2.75) is 45.8 Å². The first-order valence-electron chi connectivity index (χ1n) is 8.62. The average molecular weight is 327 g/mol. The zero-order valence-corrected chi connectivity index (χ0v) is 14.4. The second kappa shape index (κ2) is 7.28. The average Bonchev–Trinajstić information content (AvgIpc) is 2.57. The molecule has 1 aliphatic rings. The van der Waals surface area contributed by atoms with Crippen LogP contribution in [0.2, 0.25) is 0 Å². The third-order valence-electron chi connectivity index (χ3n) is 4.76. The number of aromatic nitrogens is 2. The molecule has 5 nitrogen and oxygen atoms in total. The van der Waals surface area contributed by atoms with E-state index >= 15 is 0 Å². The molecule has 0 aliphatic carbocycles. The molecule has 2 heterocycles. The Balaban J connectivity index is 1.80. The van der Waals surface area contributed by atoms with Crippen LogP contribution in [-0.2, 0) is 19.4 Å². The maximum absolute atomic E-state index is 12.5. The number of hydrogen-bond acceptors (Lipinski definition) is 4. The Hall–Kier alpha value is -1.98. The van der Waals surface area contributed by atoms with Crippen LogP contribution in [0.4, 0.5) is 0 Å². The van der Waals surface area contributed by atoms with Crippen LogP contribution in [0.5, 0.6) is 0 Å². The van der Waals surface area contributed by atoms with Crippen molar-refractivity contribution in [1.29, 1.82) is 0 Å². The number of H-pyrrole nitrogens is 1. The van der Waals surface area contributed by atoms with E-state index in [1.54, 1.807) is 0 Å². The SMILES string of the molecule is CC[C@H](O)CN1CCc2nc(Cc3ccccc3C)[nH]c(=O)c2C1. The number of aromatic amines is 1. The molecule has 0 bridgehead atoms. The summed E-state index contributed by atoms with van der Waals surface area (Å²) in [4.78, 5) is 22.3. The summed E-state index contributed by atoms with van der Waals surface area (Å²) in [6.07, 6.45) is 1.80. The van der Waals surface area contributed by atoms with Gasteiger partial charge in [0.15, 0.2) is 0 Å². The molecule has 2 N–H and O–H groups in total. The van der Waals surface area contributed by atoms with Gasteiger partial charge in [-0.3, -0.25) is 9.69 Å². The highest BCUT2D eigenvalue weighted by Crippen LogP contribution is 2.16. The van der Waals surface area contributed by atoms with E-state index in [9.17, 15) is 9.90 Å². The zero-order valence-electron chi connectivity index (χ0n) is 14.4. The van der Waals surface area contributed by atoms with Gasteiger partial charge in [-0.1, -0.05) is 31.2 Å². The molecule has 3 rings (SSSR count). The Morgan fingerprint density at radius 1 is 1.38 bits per heavy atom. The first-order chi connectivity index (χ1) is 11.6. The topological polar surface area (TPSA) is 69.2 Å². The number of β-amino-alcohol motifs (C(OH)–C–C–N with tert-alkyl or cyclic N) is 1. The molecule has 0 saturated heterocycles. The molecule has 0 unspecified atom stereocenters. The van der Waals surface area contributed by atoms with Gasteiger partial charge < -0.3 is 10.1 Å². The lowest BCUT2D eigenvalue weighted by molar-refractivity contribution is 0.102. The molecule has 128 valence electrons. The first-order valence-corrected chi connectivity index (χ1v) is 8.62. The molecular weight excluding hydrogens is 302 g/mol. The third-order valence-corrected chi connectivity index (χ3v) is 4.76. The second-order valence-electron chi connectivity index (χ2n) is 6.59. The van der Waals surface area contributed by atoms with E-state index < -0.39 is 0 Å². The largest absolute Gasteiger partial charge is 0.392 e. The molecule has 0 amide bonds. The Labute approximate surface area is 142 Å². The van der Waals surface area contributed by atoms with Gasteiger partial charge in [0.1, 0.15) is 5.82 Å². The number of rotatable bonds is 5. The number of aliphatic hydroxyl groups excluding tert-OH is 1. The summed E-state index contributed by atoms with van der Waals surface area (Å²) < 4.78 is 0. The van der Waals surface area contributed by atoms with Gasteiger partial charge in [0.25, 0.3) is 5.56 Å². The van der Waals surface area contributed by atoms with Crippen LogP contribution in [0.25, 0.3) is 0 Å². The van der Waals surface area contributed by atoms with Gasteiger partial charge in [-0.15, -0.1) is 0 Å². The van der Waals surface area contributed by atoms with E-state index in [0.29, 0.717) is 19.5 Å². The maximum atomic E-state index is 12.5. The third kappa shape index (κ3) is 3.74. The first kappa shape index (κ1) is 16.9. The summed E-state index contributed by atoms with van der Waals surface area (Å²) in [5.41, 5.74) is 4.00. The van der Waals surface area contributed by atoms with Crippen molar-refractivity contribution in [1.82, 2.24) is 14.9 Å². The lowest BCUT2D eigenvalue weighted by Gasteiger charge is -2.29. The highest BCUT2D eigenvalue weighted by Gasteiger charge is 2.22. The van der Waals surface area contributed by atoms with Crippen LogP contribution in [0.3, 0.4) is 0 Å². The van der Waals surface area contributed by atoms with Gasteiger partial charge in [0.05, 0.1) is 17.4 Å². The second-order valence-corrected chi connectivity index (χ2v) is 6.59. The predicted octanol–water partition coefficient (Wildman–Crippen LogP) is 1.80. The Bertz CT molecular complexity index is 769. The van der Waals surface area contributed by atoms with E-state index in [4.69, 9.17) is 4.98 Å². The number of benzene rings is 1. The quantitative estimate of drug-likeness (QED) is 0.878. The zero-order chi connectivity index (χ0) is 17.1. The van der Waals surface area contributed by atoms with E-state index in [-0.39, 0.29) is 11.7 Å². The number of aryl methyl sites for hydroxylation is 1. The number of aliphatic hydroxyl groups is 1. The molecule has 0 spiro atoms. The number of nitrogens with one attached hydrogen (secondary N) is 1. The fourth-order valence-corrected chi connectivity index (χ4v) is 3.19. The van der Waals surface area contributed by atoms with Crippen molar-refractivity contribution in [2.24, 2.45) is 0 Å². The van der Waals surface area contributed by atoms with E-state index in [2.05, 4.69) is 28.9 Å². The Morgan fingerprint density at radius 2 is 2.17 bits per heavy atom. The molecule has 1 atom stereocenters. The molecular formula is C19H25N3O2. The predicted molar refractivity (Wildman–Crippen MR) is 94.1 cm³/mol. The molecule has 24 heavy (non-hydrogen) atoms. The molecule has 1 aromatic carbocycles. The van der Waals surface area contributed by atoms with E-state index in [0.717, 1.165) is 36.5 Å². The van der Waals surface area contributed by atoms with Crippen LogP contribution in [0.1, 0.15) is 41.6 Å². The molecule has 1 aliphatic heterocycles. The van der Waals surface area contributed by atoms with Crippen molar-refractivity contribution in [2.75, 3.05) is 13.1 Å². The minimum atomic E-state index is -0.334. The maximum Gasteiger partial charge on any atom is 0.255 e. The summed E-state index contributed by atoms with van der Waals surface area (Å²) in [7, 11) is 0. The minimum absolute atomic E-state index is 0.0423. The Kier molecular flexibility index (Phi) is 5.11. The molecule has 0 radical (unpaired) electrons. The monoisotopic (exact) mass is 327 g/mol. The lowest BCUT2D eigenvalue weighted by atomic mass is 10.0. The standard InChI is InChI=1S/C19H25N3O2/c1-3-15(23)11-22-9-8-17-16(12-22)19(24)21-18(20-17)10-14-7-5-4-6-13(14)2/h4-7,15,23H,3,8-12H2,1-2H3,(H,20,21,24)/t15-/m0/s1. The lowest BCUT2D eigenvalue weighted by Crippen LogP contribution is -2.40. The van der Waals surface area contributed by atoms with Crippen molar-refractivity contribution in [3.63, 3.8) is 0 Å².